The summed E-state index contributed by atoms with van der Waals surface area (Å²) >= 11 is 0. The minimum absolute atomic E-state index is 0.0750. The van der Waals surface area contributed by atoms with Crippen LogP contribution in [0.3, 0.4) is 0 Å². The smallest absolute Gasteiger partial charge is 0.461 e. The molecule has 1 aromatic carbocycles. The molecule has 0 saturated heterocycles. The van der Waals surface area contributed by atoms with Crippen LogP contribution in [-0.2, 0) is 35.0 Å². The van der Waals surface area contributed by atoms with Gasteiger partial charge in [-0.15, -0.1) is 0 Å². The van der Waals surface area contributed by atoms with E-state index in [0.29, 0.717) is 24.8 Å². The number of hydrogen-bond donors (Lipinski definition) is 1. The summed E-state index contributed by atoms with van der Waals surface area (Å²) in [4.78, 5) is 47.9. The number of carbonyl (C=O) groups is 4. The first-order chi connectivity index (χ1) is 16.6. The van der Waals surface area contributed by atoms with E-state index in [1.165, 1.54) is 12.1 Å². The number of benzene rings is 1. The van der Waals surface area contributed by atoms with E-state index in [9.17, 15) is 19.2 Å². The first-order valence-electron chi connectivity index (χ1n) is 11.9. The molecule has 0 amide bonds. The van der Waals surface area contributed by atoms with Crippen LogP contribution in [0.5, 0.6) is 11.5 Å². The third-order valence-electron chi connectivity index (χ3n) is 4.75. The summed E-state index contributed by atoms with van der Waals surface area (Å²) in [6.07, 6.45) is 0.515. The molecule has 10 heteroatoms. The fourth-order valence-corrected chi connectivity index (χ4v) is 2.72. The number of nitrogens with two attached hydrogens (primary N) is 1. The molecular weight excluding hydrogens is 458 g/mol. The molecule has 0 aliphatic heterocycles. The molecule has 0 heterocycles. The Bertz CT molecular complexity index is 855. The highest BCUT2D eigenvalue weighted by atomic mass is 16.7. The van der Waals surface area contributed by atoms with Crippen LogP contribution in [0.25, 0.3) is 0 Å². The van der Waals surface area contributed by atoms with Crippen molar-refractivity contribution in [3.63, 3.8) is 0 Å². The van der Waals surface area contributed by atoms with Crippen molar-refractivity contribution >= 4 is 24.1 Å². The van der Waals surface area contributed by atoms with E-state index in [0.717, 1.165) is 0 Å². The van der Waals surface area contributed by atoms with Gasteiger partial charge >= 0.3 is 24.1 Å². The lowest BCUT2D eigenvalue weighted by Crippen LogP contribution is -2.36. The van der Waals surface area contributed by atoms with Crippen molar-refractivity contribution < 1.29 is 42.9 Å². The Morgan fingerprint density at radius 1 is 0.857 bits per heavy atom. The van der Waals surface area contributed by atoms with Crippen LogP contribution in [-0.4, -0.2) is 48.9 Å². The molecule has 0 aliphatic carbocycles. The molecule has 0 aliphatic rings. The average Bonchev–Trinajstić information content (AvgIpc) is 2.79. The topological polar surface area (TPSA) is 140 Å². The van der Waals surface area contributed by atoms with Crippen LogP contribution >= 0.6 is 0 Å². The molecule has 1 unspecified atom stereocenters. The first-order valence-corrected chi connectivity index (χ1v) is 11.9. The van der Waals surface area contributed by atoms with E-state index in [4.69, 9.17) is 29.4 Å². The molecule has 0 radical (unpaired) electrons. The summed E-state index contributed by atoms with van der Waals surface area (Å²) in [5.41, 5.74) is 6.55. The van der Waals surface area contributed by atoms with E-state index in [-0.39, 0.29) is 43.5 Å². The Hall–Kier alpha value is -3.14. The number of carbonyl (C=O) groups excluding carboxylic acids is 4. The molecule has 35 heavy (non-hydrogen) atoms. The molecule has 1 rings (SSSR count). The lowest BCUT2D eigenvalue weighted by Gasteiger charge is -2.17. The lowest BCUT2D eigenvalue weighted by atomic mass is 10.1. The number of rotatable bonds is 14. The van der Waals surface area contributed by atoms with E-state index in [1.54, 1.807) is 19.9 Å². The molecule has 0 bridgehead atoms. The molecular formula is C25H37NO9. The minimum Gasteiger partial charge on any atom is -0.461 e. The van der Waals surface area contributed by atoms with Crippen molar-refractivity contribution in [2.45, 2.75) is 91.4 Å². The Morgan fingerprint density at radius 2 is 1.43 bits per heavy atom. The first kappa shape index (κ1) is 29.9. The zero-order valence-corrected chi connectivity index (χ0v) is 21.2. The van der Waals surface area contributed by atoms with Gasteiger partial charge in [-0.1, -0.05) is 26.8 Å². The SMILES string of the molecule is CCCC(=O)Oc1ccc(C[C@H](N)C(=O)OC[C@H](C)OC(=O)OC(C)CC)cc1OC(=O)CCC. The molecule has 196 valence electrons. The van der Waals surface area contributed by atoms with Gasteiger partial charge < -0.3 is 29.4 Å². The summed E-state index contributed by atoms with van der Waals surface area (Å²) < 4.78 is 25.9. The third-order valence-corrected chi connectivity index (χ3v) is 4.75. The van der Waals surface area contributed by atoms with Crippen LogP contribution < -0.4 is 15.2 Å². The standard InChI is InChI=1S/C25H37NO9/c1-6-9-22(27)34-20-12-11-18(14-21(20)35-23(28)10-7-2)13-19(26)24(29)31-15-17(5)33-25(30)32-16(4)8-3/h11-12,14,16-17,19H,6-10,13,15,26H2,1-5H3/t16?,17-,19-/m0/s1. The number of ether oxygens (including phenoxy) is 5. The molecule has 1 aromatic rings. The lowest BCUT2D eigenvalue weighted by molar-refractivity contribution is -0.148. The Kier molecular flexibility index (Phi) is 13.4. The molecule has 2 N–H and O–H groups in total. The Labute approximate surface area is 206 Å². The van der Waals surface area contributed by atoms with Crippen molar-refractivity contribution in [3.8, 4) is 11.5 Å². The van der Waals surface area contributed by atoms with Crippen molar-refractivity contribution in [2.75, 3.05) is 6.61 Å². The maximum absolute atomic E-state index is 12.3. The maximum Gasteiger partial charge on any atom is 0.508 e. The molecule has 10 nitrogen and oxygen atoms in total. The van der Waals surface area contributed by atoms with Gasteiger partial charge in [-0.3, -0.25) is 14.4 Å². The van der Waals surface area contributed by atoms with Crippen LogP contribution in [0.2, 0.25) is 0 Å². The zero-order chi connectivity index (χ0) is 26.4. The maximum atomic E-state index is 12.3. The van der Waals surface area contributed by atoms with E-state index in [2.05, 4.69) is 0 Å². The molecule has 0 aromatic heterocycles. The van der Waals surface area contributed by atoms with Crippen molar-refractivity contribution in [3.05, 3.63) is 23.8 Å². The van der Waals surface area contributed by atoms with Gasteiger partial charge in [-0.25, -0.2) is 4.79 Å². The van der Waals surface area contributed by atoms with Crippen molar-refractivity contribution in [1.29, 1.82) is 0 Å². The van der Waals surface area contributed by atoms with Gasteiger partial charge in [-0.2, -0.15) is 0 Å². The third kappa shape index (κ3) is 11.7. The highest BCUT2D eigenvalue weighted by molar-refractivity contribution is 5.77. The van der Waals surface area contributed by atoms with Crippen LogP contribution in [0.15, 0.2) is 18.2 Å². The monoisotopic (exact) mass is 495 g/mol. The second-order valence-electron chi connectivity index (χ2n) is 8.19. The molecule has 0 saturated carbocycles. The van der Waals surface area contributed by atoms with Gasteiger partial charge in [0.15, 0.2) is 11.5 Å². The fourth-order valence-electron chi connectivity index (χ4n) is 2.72. The second-order valence-corrected chi connectivity index (χ2v) is 8.19. The Morgan fingerprint density at radius 3 is 2.00 bits per heavy atom. The Balaban J connectivity index is 2.75. The van der Waals surface area contributed by atoms with Gasteiger partial charge in [0.1, 0.15) is 24.9 Å². The van der Waals surface area contributed by atoms with E-state index in [1.807, 2.05) is 20.8 Å². The molecule has 0 fully saturated rings. The normalized spacial score (nSPS) is 13.2. The van der Waals surface area contributed by atoms with Gasteiger partial charge in [0.05, 0.1) is 0 Å². The summed E-state index contributed by atoms with van der Waals surface area (Å²) in [6, 6.07) is 3.59. The van der Waals surface area contributed by atoms with Gasteiger partial charge in [0.2, 0.25) is 0 Å². The predicted molar refractivity (Wildman–Crippen MR) is 127 cm³/mol. The number of hydrogen-bond acceptors (Lipinski definition) is 10. The molecule has 3 atom stereocenters. The number of esters is 3. The highest BCUT2D eigenvalue weighted by Gasteiger charge is 2.21. The van der Waals surface area contributed by atoms with E-state index >= 15 is 0 Å². The zero-order valence-electron chi connectivity index (χ0n) is 21.2. The largest absolute Gasteiger partial charge is 0.508 e. The van der Waals surface area contributed by atoms with Crippen molar-refractivity contribution in [1.82, 2.24) is 0 Å². The summed E-state index contributed by atoms with van der Waals surface area (Å²) in [6.45, 7) is 8.67. The van der Waals surface area contributed by atoms with Gasteiger partial charge in [0.25, 0.3) is 0 Å². The second kappa shape index (κ2) is 15.7. The summed E-state index contributed by atoms with van der Waals surface area (Å²) in [5.74, 6) is -1.42. The van der Waals surface area contributed by atoms with Crippen molar-refractivity contribution in [2.24, 2.45) is 5.73 Å². The van der Waals surface area contributed by atoms with Gasteiger partial charge in [-0.05, 0) is 57.2 Å². The van der Waals surface area contributed by atoms with Gasteiger partial charge in [0, 0.05) is 12.8 Å². The van der Waals surface area contributed by atoms with Crippen LogP contribution in [0.1, 0.15) is 72.3 Å². The van der Waals surface area contributed by atoms with Crippen LogP contribution in [0, 0.1) is 0 Å². The minimum atomic E-state index is -1.03. The average molecular weight is 496 g/mol. The fraction of sp³-hybridized carbons (Fsp3) is 0.600. The van der Waals surface area contributed by atoms with Crippen LogP contribution in [0.4, 0.5) is 4.79 Å². The highest BCUT2D eigenvalue weighted by Crippen LogP contribution is 2.30. The quantitative estimate of drug-likeness (QED) is 0.299. The van der Waals surface area contributed by atoms with E-state index < -0.39 is 36.2 Å². The summed E-state index contributed by atoms with van der Waals surface area (Å²) in [5, 5.41) is 0. The predicted octanol–water partition coefficient (Wildman–Crippen LogP) is 3.85. The molecule has 0 spiro atoms. The summed E-state index contributed by atoms with van der Waals surface area (Å²) in [7, 11) is 0.